The molecule has 1 aromatic carbocycles. The number of sulfone groups is 1. The quantitative estimate of drug-likeness (QED) is 0.815. The Balaban J connectivity index is 1.50. The van der Waals surface area contributed by atoms with Gasteiger partial charge >= 0.3 is 0 Å². The van der Waals surface area contributed by atoms with Gasteiger partial charge in [0.25, 0.3) is 0 Å². The van der Waals surface area contributed by atoms with Crippen molar-refractivity contribution in [1.82, 2.24) is 9.80 Å². The van der Waals surface area contributed by atoms with Crippen LogP contribution in [0.15, 0.2) is 24.3 Å². The van der Waals surface area contributed by atoms with Crippen LogP contribution < -0.4 is 5.32 Å². The van der Waals surface area contributed by atoms with E-state index in [4.69, 9.17) is 0 Å². The lowest BCUT2D eigenvalue weighted by molar-refractivity contribution is -0.117. The topological polar surface area (TPSA) is 69.7 Å². The first-order valence-corrected chi connectivity index (χ1v) is 11.6. The summed E-state index contributed by atoms with van der Waals surface area (Å²) in [6.07, 6.45) is 0. The minimum atomic E-state index is -2.91. The van der Waals surface area contributed by atoms with Crippen LogP contribution in [0.3, 0.4) is 0 Å². The van der Waals surface area contributed by atoms with Gasteiger partial charge in [0.1, 0.15) is 0 Å². The molecule has 0 spiro atoms. The Morgan fingerprint density at radius 2 is 1.80 bits per heavy atom. The van der Waals surface area contributed by atoms with Gasteiger partial charge in [-0.25, -0.2) is 8.42 Å². The van der Waals surface area contributed by atoms with Crippen molar-refractivity contribution in [3.8, 4) is 0 Å². The van der Waals surface area contributed by atoms with E-state index in [-0.39, 0.29) is 24.0 Å². The molecular weight excluding hydrogens is 358 g/mol. The van der Waals surface area contributed by atoms with E-state index >= 15 is 0 Å². The monoisotopic (exact) mass is 383 g/mol. The second-order valence-electron chi connectivity index (χ2n) is 6.57. The highest BCUT2D eigenvalue weighted by atomic mass is 32.2. The average Bonchev–Trinajstić information content (AvgIpc) is 2.58. The van der Waals surface area contributed by atoms with Crippen molar-refractivity contribution in [2.24, 2.45) is 0 Å². The van der Waals surface area contributed by atoms with Gasteiger partial charge in [-0.15, -0.1) is 0 Å². The summed E-state index contributed by atoms with van der Waals surface area (Å²) in [7, 11) is -2.91. The Morgan fingerprint density at radius 1 is 1.08 bits per heavy atom. The molecule has 0 unspecified atom stereocenters. The van der Waals surface area contributed by atoms with Crippen molar-refractivity contribution in [1.29, 1.82) is 0 Å². The molecule has 2 aliphatic rings. The summed E-state index contributed by atoms with van der Waals surface area (Å²) >= 11 is 2.00. The number of nitrogens with one attached hydrogen (secondary N) is 1. The Labute approximate surface area is 153 Å². The summed E-state index contributed by atoms with van der Waals surface area (Å²) < 4.78 is 22.9. The fourth-order valence-corrected chi connectivity index (χ4v) is 5.33. The highest BCUT2D eigenvalue weighted by Gasteiger charge is 2.23. The fraction of sp³-hybridized carbons (Fsp3) is 0.588. The lowest BCUT2D eigenvalue weighted by atomic mass is 10.2. The molecule has 2 fully saturated rings. The molecule has 138 valence electrons. The first-order chi connectivity index (χ1) is 12.0. The standard InChI is InChI=1S/C17H25N3O3S2/c21-17(14-20-6-10-25(22,23)11-7-20)18-16-3-1-2-15(12-16)13-19-4-8-24-9-5-19/h1-3,12H,4-11,13-14H2,(H,18,21). The second-order valence-corrected chi connectivity index (χ2v) is 10.1. The molecule has 8 heteroatoms. The SMILES string of the molecule is O=C(CN1CCS(=O)(=O)CC1)Nc1cccc(CN2CCSCC2)c1. The van der Waals surface area contributed by atoms with Crippen LogP contribution in [0.25, 0.3) is 0 Å². The molecule has 3 rings (SSSR count). The molecule has 2 aliphatic heterocycles. The Bertz CT molecular complexity index is 689. The van der Waals surface area contributed by atoms with Crippen LogP contribution in [0.1, 0.15) is 5.56 Å². The largest absolute Gasteiger partial charge is 0.325 e. The molecule has 1 aromatic rings. The second kappa shape index (κ2) is 8.53. The predicted octanol–water partition coefficient (Wildman–Crippen LogP) is 0.904. The third kappa shape index (κ3) is 5.99. The van der Waals surface area contributed by atoms with E-state index in [9.17, 15) is 13.2 Å². The van der Waals surface area contributed by atoms with Gasteiger partial charge in [-0.1, -0.05) is 12.1 Å². The maximum Gasteiger partial charge on any atom is 0.238 e. The van der Waals surface area contributed by atoms with Crippen molar-refractivity contribution >= 4 is 33.2 Å². The zero-order chi connectivity index (χ0) is 17.7. The number of hydrogen-bond donors (Lipinski definition) is 1. The zero-order valence-electron chi connectivity index (χ0n) is 14.3. The summed E-state index contributed by atoms with van der Waals surface area (Å²) in [4.78, 5) is 16.6. The number of nitrogens with zero attached hydrogens (tertiary/aromatic N) is 2. The number of anilines is 1. The predicted molar refractivity (Wildman–Crippen MR) is 103 cm³/mol. The third-order valence-corrected chi connectivity index (χ3v) is 7.08. The number of hydrogen-bond acceptors (Lipinski definition) is 6. The molecule has 1 amide bonds. The molecule has 6 nitrogen and oxygen atoms in total. The summed E-state index contributed by atoms with van der Waals surface area (Å²) in [6.45, 7) is 4.24. The minimum absolute atomic E-state index is 0.0918. The van der Waals surface area contributed by atoms with Crippen LogP contribution in [-0.2, 0) is 21.2 Å². The molecule has 2 heterocycles. The molecule has 0 aromatic heterocycles. The molecule has 0 atom stereocenters. The lowest BCUT2D eigenvalue weighted by Crippen LogP contribution is -2.43. The molecular formula is C17H25N3O3S2. The average molecular weight is 384 g/mol. The van der Waals surface area contributed by atoms with Gasteiger partial charge in [-0.3, -0.25) is 14.6 Å². The molecule has 2 saturated heterocycles. The summed E-state index contributed by atoms with van der Waals surface area (Å²) in [5.74, 6) is 2.56. The van der Waals surface area contributed by atoms with Crippen molar-refractivity contribution in [2.75, 3.05) is 61.1 Å². The zero-order valence-corrected chi connectivity index (χ0v) is 15.9. The Kier molecular flexibility index (Phi) is 6.38. The van der Waals surface area contributed by atoms with E-state index in [0.29, 0.717) is 13.1 Å². The van der Waals surface area contributed by atoms with Crippen LogP contribution in [0, 0.1) is 0 Å². The highest BCUT2D eigenvalue weighted by Crippen LogP contribution is 2.16. The highest BCUT2D eigenvalue weighted by molar-refractivity contribution is 7.99. The summed E-state index contributed by atoms with van der Waals surface area (Å²) in [5, 5.41) is 2.93. The Morgan fingerprint density at radius 3 is 2.52 bits per heavy atom. The number of thioether (sulfide) groups is 1. The van der Waals surface area contributed by atoms with E-state index in [2.05, 4.69) is 16.3 Å². The molecule has 0 saturated carbocycles. The Hall–Kier alpha value is -1.09. The molecule has 25 heavy (non-hydrogen) atoms. The van der Waals surface area contributed by atoms with Gasteiger partial charge in [0.05, 0.1) is 18.1 Å². The van der Waals surface area contributed by atoms with Crippen LogP contribution >= 0.6 is 11.8 Å². The smallest absolute Gasteiger partial charge is 0.238 e. The minimum Gasteiger partial charge on any atom is -0.325 e. The third-order valence-electron chi connectivity index (χ3n) is 4.52. The van der Waals surface area contributed by atoms with Crippen LogP contribution in [-0.4, -0.2) is 79.9 Å². The van der Waals surface area contributed by atoms with Crippen LogP contribution in [0.5, 0.6) is 0 Å². The van der Waals surface area contributed by atoms with Gasteiger partial charge in [0.2, 0.25) is 5.91 Å². The summed E-state index contributed by atoms with van der Waals surface area (Å²) in [6, 6.07) is 7.98. The van der Waals surface area contributed by atoms with Crippen molar-refractivity contribution in [3.05, 3.63) is 29.8 Å². The van der Waals surface area contributed by atoms with E-state index in [1.807, 2.05) is 34.9 Å². The number of benzene rings is 1. The molecule has 1 N–H and O–H groups in total. The van der Waals surface area contributed by atoms with Crippen LogP contribution in [0.4, 0.5) is 5.69 Å². The van der Waals surface area contributed by atoms with Crippen molar-refractivity contribution in [3.63, 3.8) is 0 Å². The number of carbonyl (C=O) groups excluding carboxylic acids is 1. The number of carbonyl (C=O) groups is 1. The number of rotatable bonds is 5. The van der Waals surface area contributed by atoms with E-state index in [0.717, 1.165) is 25.3 Å². The van der Waals surface area contributed by atoms with E-state index in [1.165, 1.54) is 17.1 Å². The molecule has 0 radical (unpaired) electrons. The lowest BCUT2D eigenvalue weighted by Gasteiger charge is -2.26. The first-order valence-electron chi connectivity index (χ1n) is 8.62. The van der Waals surface area contributed by atoms with Gasteiger partial charge < -0.3 is 5.32 Å². The van der Waals surface area contributed by atoms with Crippen LogP contribution in [0.2, 0.25) is 0 Å². The van der Waals surface area contributed by atoms with Gasteiger partial charge in [0, 0.05) is 49.9 Å². The van der Waals surface area contributed by atoms with E-state index < -0.39 is 9.84 Å². The van der Waals surface area contributed by atoms with Gasteiger partial charge in [0.15, 0.2) is 9.84 Å². The molecule has 0 aliphatic carbocycles. The van der Waals surface area contributed by atoms with Gasteiger partial charge in [-0.05, 0) is 17.7 Å². The first kappa shape index (κ1) is 18.7. The number of amides is 1. The van der Waals surface area contributed by atoms with Crippen molar-refractivity contribution in [2.45, 2.75) is 6.54 Å². The maximum absolute atomic E-state index is 12.2. The fourth-order valence-electron chi connectivity index (χ4n) is 3.08. The van der Waals surface area contributed by atoms with Crippen molar-refractivity contribution < 1.29 is 13.2 Å². The normalized spacial score (nSPS) is 21.8. The molecule has 0 bridgehead atoms. The van der Waals surface area contributed by atoms with Gasteiger partial charge in [-0.2, -0.15) is 11.8 Å². The maximum atomic E-state index is 12.2. The summed E-state index contributed by atoms with van der Waals surface area (Å²) in [5.41, 5.74) is 2.01. The van der Waals surface area contributed by atoms with E-state index in [1.54, 1.807) is 0 Å².